The van der Waals surface area contributed by atoms with E-state index in [-0.39, 0.29) is 18.8 Å². The van der Waals surface area contributed by atoms with Gasteiger partial charge < -0.3 is 15.2 Å². The quantitative estimate of drug-likeness (QED) is 0.499. The minimum atomic E-state index is -0.605. The summed E-state index contributed by atoms with van der Waals surface area (Å²) in [4.78, 5) is 23.9. The predicted octanol–water partition coefficient (Wildman–Crippen LogP) is 3.37. The normalized spacial score (nSPS) is 11.8. The van der Waals surface area contributed by atoms with Crippen molar-refractivity contribution in [3.8, 4) is 5.75 Å². The highest BCUT2D eigenvalue weighted by atomic mass is 35.5. The van der Waals surface area contributed by atoms with E-state index >= 15 is 0 Å². The number of hydrazone groups is 1. The largest absolute Gasteiger partial charge is 0.507 e. The van der Waals surface area contributed by atoms with Crippen LogP contribution in [-0.4, -0.2) is 29.9 Å². The molecule has 0 unspecified atom stereocenters. The van der Waals surface area contributed by atoms with Gasteiger partial charge in [-0.2, -0.15) is 5.10 Å². The fourth-order valence-electron chi connectivity index (χ4n) is 2.29. The second kappa shape index (κ2) is 10.2. The third-order valence-corrected chi connectivity index (χ3v) is 3.78. The third-order valence-electron chi connectivity index (χ3n) is 3.54. The van der Waals surface area contributed by atoms with Crippen molar-refractivity contribution >= 4 is 29.8 Å². The molecule has 8 heteroatoms. The van der Waals surface area contributed by atoms with E-state index in [2.05, 4.69) is 15.8 Å². The van der Waals surface area contributed by atoms with Gasteiger partial charge in [-0.15, -0.1) is 0 Å². The maximum absolute atomic E-state index is 12.2. The predicted molar refractivity (Wildman–Crippen MR) is 103 cm³/mol. The maximum atomic E-state index is 12.2. The van der Waals surface area contributed by atoms with Crippen LogP contribution in [-0.2, 0) is 9.53 Å². The van der Waals surface area contributed by atoms with E-state index in [1.54, 1.807) is 25.1 Å². The molecule has 3 N–H and O–H groups in total. The topological polar surface area (TPSA) is 100 Å². The Balaban J connectivity index is 2.01. The molecule has 0 fully saturated rings. The summed E-state index contributed by atoms with van der Waals surface area (Å²) in [6.07, 6.45) is 0.642. The summed E-state index contributed by atoms with van der Waals surface area (Å²) in [6.45, 7) is 1.93. The van der Waals surface area contributed by atoms with Crippen LogP contribution in [0.3, 0.4) is 0 Å². The zero-order chi connectivity index (χ0) is 19.6. The Morgan fingerprint density at radius 1 is 1.26 bits per heavy atom. The summed E-state index contributed by atoms with van der Waals surface area (Å²) in [5.41, 5.74) is 3.50. The number of halogens is 1. The lowest BCUT2D eigenvalue weighted by molar-refractivity contribution is -0.121. The number of phenolic OH excluding ortho intramolecular Hbond substituents is 1. The first-order valence-electron chi connectivity index (χ1n) is 8.28. The molecule has 0 aliphatic rings. The summed E-state index contributed by atoms with van der Waals surface area (Å²) in [5.74, 6) is -0.429. The van der Waals surface area contributed by atoms with Crippen molar-refractivity contribution in [1.29, 1.82) is 0 Å². The van der Waals surface area contributed by atoms with Gasteiger partial charge in [-0.05, 0) is 30.7 Å². The second-order valence-corrected chi connectivity index (χ2v) is 5.96. The highest BCUT2D eigenvalue weighted by Gasteiger charge is 2.18. The van der Waals surface area contributed by atoms with Crippen molar-refractivity contribution in [3.05, 3.63) is 64.7 Å². The van der Waals surface area contributed by atoms with Gasteiger partial charge in [-0.1, -0.05) is 41.9 Å². The molecule has 0 spiro atoms. The number of carbonyl (C=O) groups excluding carboxylic acids is 2. The molecule has 0 heterocycles. The van der Waals surface area contributed by atoms with Crippen molar-refractivity contribution in [2.24, 2.45) is 5.10 Å². The Kier molecular flexibility index (Phi) is 7.63. The van der Waals surface area contributed by atoms with E-state index in [1.807, 2.05) is 18.2 Å². The first-order chi connectivity index (χ1) is 13.0. The SMILES string of the molecule is CCOC(=O)N[C@@H](CC(=O)N/N=C\c1cc(Cl)ccc1O)c1ccccc1. The van der Waals surface area contributed by atoms with Gasteiger partial charge in [-0.25, -0.2) is 10.2 Å². The zero-order valence-electron chi connectivity index (χ0n) is 14.7. The van der Waals surface area contributed by atoms with E-state index in [0.717, 1.165) is 5.56 Å². The third kappa shape index (κ3) is 6.63. The average molecular weight is 390 g/mol. The van der Waals surface area contributed by atoms with Crippen molar-refractivity contribution in [2.75, 3.05) is 6.61 Å². The van der Waals surface area contributed by atoms with E-state index < -0.39 is 18.0 Å². The molecule has 0 aliphatic carbocycles. The number of amides is 2. The zero-order valence-corrected chi connectivity index (χ0v) is 15.4. The molecule has 2 rings (SSSR count). The Bertz CT molecular complexity index is 812. The van der Waals surface area contributed by atoms with Gasteiger partial charge in [-0.3, -0.25) is 4.79 Å². The summed E-state index contributed by atoms with van der Waals surface area (Å²) in [7, 11) is 0. The molecule has 0 radical (unpaired) electrons. The summed E-state index contributed by atoms with van der Waals surface area (Å²) >= 11 is 5.86. The monoisotopic (exact) mass is 389 g/mol. The molecule has 0 bridgehead atoms. The Morgan fingerprint density at radius 2 is 2.00 bits per heavy atom. The first-order valence-corrected chi connectivity index (χ1v) is 8.66. The minimum absolute atomic E-state index is 0.0106. The molecule has 0 aromatic heterocycles. The van der Waals surface area contributed by atoms with Gasteiger partial charge in [0.15, 0.2) is 0 Å². The average Bonchev–Trinajstić information content (AvgIpc) is 2.65. The number of nitrogens with one attached hydrogen (secondary N) is 2. The van der Waals surface area contributed by atoms with E-state index in [4.69, 9.17) is 16.3 Å². The van der Waals surface area contributed by atoms with Gasteiger partial charge in [0, 0.05) is 10.6 Å². The number of ether oxygens (including phenoxy) is 1. The first kappa shape index (κ1) is 20.3. The van der Waals surface area contributed by atoms with Gasteiger partial charge in [0.25, 0.3) is 0 Å². The highest BCUT2D eigenvalue weighted by Crippen LogP contribution is 2.20. The van der Waals surface area contributed by atoms with Crippen molar-refractivity contribution in [3.63, 3.8) is 0 Å². The standard InChI is InChI=1S/C19H20ClN3O4/c1-2-27-19(26)22-16(13-6-4-3-5-7-13)11-18(25)23-21-12-14-10-15(20)8-9-17(14)24/h3-10,12,16,24H,2,11H2,1H3,(H,22,26)(H,23,25)/b21-12-/t16-/m0/s1. The van der Waals surface area contributed by atoms with Crippen LogP contribution < -0.4 is 10.7 Å². The molecule has 142 valence electrons. The summed E-state index contributed by atoms with van der Waals surface area (Å²) in [5, 5.41) is 16.6. The molecule has 2 amide bonds. The van der Waals surface area contributed by atoms with Crippen LogP contribution >= 0.6 is 11.6 Å². The number of hydrogen-bond donors (Lipinski definition) is 3. The lowest BCUT2D eigenvalue weighted by Crippen LogP contribution is -2.33. The molecular weight excluding hydrogens is 370 g/mol. The number of rotatable bonds is 7. The van der Waals surface area contributed by atoms with Crippen LogP contribution in [0.5, 0.6) is 5.75 Å². The Labute approximate surface area is 162 Å². The number of carbonyl (C=O) groups is 2. The van der Waals surface area contributed by atoms with Crippen LogP contribution in [0.2, 0.25) is 5.02 Å². The van der Waals surface area contributed by atoms with Crippen molar-refractivity contribution < 1.29 is 19.4 Å². The number of hydrogen-bond acceptors (Lipinski definition) is 5. The fraction of sp³-hybridized carbons (Fsp3) is 0.211. The number of nitrogens with zero attached hydrogens (tertiary/aromatic N) is 1. The van der Waals surface area contributed by atoms with E-state index in [9.17, 15) is 14.7 Å². The maximum Gasteiger partial charge on any atom is 0.407 e. The molecule has 7 nitrogen and oxygen atoms in total. The molecule has 0 saturated heterocycles. The Morgan fingerprint density at radius 3 is 2.70 bits per heavy atom. The number of alkyl carbamates (subject to hydrolysis) is 1. The summed E-state index contributed by atoms with van der Waals surface area (Å²) in [6, 6.07) is 13.0. The molecule has 0 aliphatic heterocycles. The molecule has 0 saturated carbocycles. The van der Waals surface area contributed by atoms with Crippen molar-refractivity contribution in [2.45, 2.75) is 19.4 Å². The molecular formula is C19H20ClN3O4. The molecule has 27 heavy (non-hydrogen) atoms. The second-order valence-electron chi connectivity index (χ2n) is 5.53. The molecule has 2 aromatic rings. The van der Waals surface area contributed by atoms with E-state index in [0.29, 0.717) is 10.6 Å². The number of aromatic hydroxyl groups is 1. The highest BCUT2D eigenvalue weighted by molar-refractivity contribution is 6.30. The molecule has 2 aromatic carbocycles. The minimum Gasteiger partial charge on any atom is -0.507 e. The van der Waals surface area contributed by atoms with Gasteiger partial charge in [0.2, 0.25) is 5.91 Å². The number of phenols is 1. The van der Waals surface area contributed by atoms with Crippen LogP contribution in [0, 0.1) is 0 Å². The van der Waals surface area contributed by atoms with Crippen LogP contribution in [0.4, 0.5) is 4.79 Å². The van der Waals surface area contributed by atoms with Crippen molar-refractivity contribution in [1.82, 2.24) is 10.7 Å². The number of benzene rings is 2. The van der Waals surface area contributed by atoms with Gasteiger partial charge >= 0.3 is 6.09 Å². The van der Waals surface area contributed by atoms with E-state index in [1.165, 1.54) is 18.3 Å². The van der Waals surface area contributed by atoms with Gasteiger partial charge in [0.1, 0.15) is 5.75 Å². The lowest BCUT2D eigenvalue weighted by atomic mass is 10.0. The van der Waals surface area contributed by atoms with Crippen LogP contribution in [0.25, 0.3) is 0 Å². The molecule has 1 atom stereocenters. The fourth-order valence-corrected chi connectivity index (χ4v) is 2.47. The lowest BCUT2D eigenvalue weighted by Gasteiger charge is -2.18. The Hall–Kier alpha value is -3.06. The van der Waals surface area contributed by atoms with Crippen LogP contribution in [0.1, 0.15) is 30.5 Å². The van der Waals surface area contributed by atoms with Crippen LogP contribution in [0.15, 0.2) is 53.6 Å². The summed E-state index contributed by atoms with van der Waals surface area (Å²) < 4.78 is 4.89. The smallest absolute Gasteiger partial charge is 0.407 e. The van der Waals surface area contributed by atoms with Gasteiger partial charge in [0.05, 0.1) is 25.3 Å².